The summed E-state index contributed by atoms with van der Waals surface area (Å²) in [5.74, 6) is 0.192. The molecule has 0 aromatic heterocycles. The normalized spacial score (nSPS) is 31.3. The molecule has 1 aliphatic carbocycles. The van der Waals surface area contributed by atoms with E-state index in [0.717, 1.165) is 32.1 Å². The van der Waals surface area contributed by atoms with Gasteiger partial charge in [0.1, 0.15) is 6.17 Å². The summed E-state index contributed by atoms with van der Waals surface area (Å²) < 4.78 is 13.1. The quantitative estimate of drug-likeness (QED) is 0.540. The molecule has 0 radical (unpaired) electrons. The van der Waals surface area contributed by atoms with Crippen molar-refractivity contribution in [1.82, 2.24) is 0 Å². The summed E-state index contributed by atoms with van der Waals surface area (Å²) in [6.45, 7) is 7.09. The largest absolute Gasteiger partial charge is 0.317 e. The smallest absolute Gasteiger partial charge is 0.215 e. The monoisotopic (exact) mass is 155 g/mol. The lowest BCUT2D eigenvalue weighted by Crippen LogP contribution is -2.20. The summed E-state index contributed by atoms with van der Waals surface area (Å²) in [6, 6.07) is 0. The van der Waals surface area contributed by atoms with Crippen LogP contribution in [-0.4, -0.2) is 12.7 Å². The lowest BCUT2D eigenvalue weighted by Gasteiger charge is -2.23. The van der Waals surface area contributed by atoms with Crippen molar-refractivity contribution in [2.24, 2.45) is 5.92 Å². The molecule has 1 fully saturated rings. The van der Waals surface area contributed by atoms with Crippen LogP contribution in [0, 0.1) is 12.5 Å². The number of hydrogen-bond acceptors (Lipinski definition) is 0. The third-order valence-electron chi connectivity index (χ3n) is 2.43. The first kappa shape index (κ1) is 8.52. The zero-order chi connectivity index (χ0) is 8.10. The van der Waals surface area contributed by atoms with Crippen molar-refractivity contribution in [3.8, 4) is 0 Å². The van der Waals surface area contributed by atoms with Gasteiger partial charge in [0, 0.05) is 6.42 Å². The molecule has 1 saturated carbocycles. The van der Waals surface area contributed by atoms with Crippen LogP contribution in [-0.2, 0) is 0 Å². The third-order valence-corrected chi connectivity index (χ3v) is 2.43. The van der Waals surface area contributed by atoms with Crippen LogP contribution in [0.1, 0.15) is 32.1 Å². The van der Waals surface area contributed by atoms with E-state index < -0.39 is 6.17 Å². The maximum Gasteiger partial charge on any atom is 0.215 e. The number of rotatable bonds is 2. The minimum absolute atomic E-state index is 0.192. The first-order chi connectivity index (χ1) is 5.34. The van der Waals surface area contributed by atoms with Crippen molar-refractivity contribution in [3.63, 3.8) is 0 Å². The lowest BCUT2D eigenvalue weighted by atomic mass is 9.85. The van der Waals surface area contributed by atoms with Gasteiger partial charge >= 0.3 is 0 Å². The molecule has 0 aromatic rings. The molecule has 11 heavy (non-hydrogen) atoms. The molecule has 2 heteroatoms. The average molecular weight is 155 g/mol. The molecule has 0 amide bonds. The Hall–Kier alpha value is -0.580. The SMILES string of the molecule is [C-]#[N+]CCC1CCCCC1F. The van der Waals surface area contributed by atoms with E-state index in [9.17, 15) is 4.39 Å². The van der Waals surface area contributed by atoms with E-state index in [0.29, 0.717) is 6.54 Å². The highest BCUT2D eigenvalue weighted by atomic mass is 19.1. The topological polar surface area (TPSA) is 4.36 Å². The van der Waals surface area contributed by atoms with E-state index in [2.05, 4.69) is 4.85 Å². The second-order valence-electron chi connectivity index (χ2n) is 3.23. The summed E-state index contributed by atoms with van der Waals surface area (Å²) in [5.41, 5.74) is 0. The van der Waals surface area contributed by atoms with E-state index in [-0.39, 0.29) is 5.92 Å². The first-order valence-electron chi connectivity index (χ1n) is 4.32. The van der Waals surface area contributed by atoms with Crippen molar-refractivity contribution in [2.75, 3.05) is 6.54 Å². The maximum absolute atomic E-state index is 13.1. The van der Waals surface area contributed by atoms with Gasteiger partial charge in [-0.15, -0.1) is 0 Å². The molecule has 2 unspecified atom stereocenters. The summed E-state index contributed by atoms with van der Waals surface area (Å²) in [7, 11) is 0. The minimum Gasteiger partial charge on any atom is -0.317 e. The molecular weight excluding hydrogens is 141 g/mol. The summed E-state index contributed by atoms with van der Waals surface area (Å²) in [6.07, 6.45) is 4.06. The summed E-state index contributed by atoms with van der Waals surface area (Å²) in [5, 5.41) is 0. The predicted octanol–water partition coefficient (Wildman–Crippen LogP) is 2.82. The molecule has 0 heterocycles. The van der Waals surface area contributed by atoms with Crippen molar-refractivity contribution >= 4 is 0 Å². The van der Waals surface area contributed by atoms with Gasteiger partial charge in [0.15, 0.2) is 0 Å². The molecule has 62 valence electrons. The second kappa shape index (κ2) is 4.33. The van der Waals surface area contributed by atoms with E-state index in [4.69, 9.17) is 6.57 Å². The standard InChI is InChI=1S/C9H14FN/c1-11-7-6-8-4-2-3-5-9(8)10/h8-9H,2-7H2. The molecule has 1 aliphatic rings. The number of nitrogens with zero attached hydrogens (tertiary/aromatic N) is 1. The van der Waals surface area contributed by atoms with Gasteiger partial charge in [0.2, 0.25) is 6.54 Å². The summed E-state index contributed by atoms with van der Waals surface area (Å²) in [4.78, 5) is 3.25. The van der Waals surface area contributed by atoms with Crippen LogP contribution in [0.2, 0.25) is 0 Å². The molecule has 2 atom stereocenters. The van der Waals surface area contributed by atoms with Gasteiger partial charge in [-0.2, -0.15) is 0 Å². The van der Waals surface area contributed by atoms with Crippen LogP contribution in [0.5, 0.6) is 0 Å². The number of alkyl halides is 1. The molecule has 0 aromatic carbocycles. The van der Waals surface area contributed by atoms with Crippen LogP contribution >= 0.6 is 0 Å². The Balaban J connectivity index is 2.25. The Morgan fingerprint density at radius 3 is 2.73 bits per heavy atom. The zero-order valence-electron chi connectivity index (χ0n) is 6.72. The number of hydrogen-bond donors (Lipinski definition) is 0. The Morgan fingerprint density at radius 1 is 1.36 bits per heavy atom. The van der Waals surface area contributed by atoms with Gasteiger partial charge in [-0.05, 0) is 18.8 Å². The molecule has 0 spiro atoms. The molecular formula is C9H14FN. The first-order valence-corrected chi connectivity index (χ1v) is 4.32. The molecule has 0 N–H and O–H groups in total. The van der Waals surface area contributed by atoms with Gasteiger partial charge in [0.25, 0.3) is 0 Å². The third kappa shape index (κ3) is 2.49. The van der Waals surface area contributed by atoms with E-state index in [1.807, 2.05) is 0 Å². The fourth-order valence-electron chi connectivity index (χ4n) is 1.72. The van der Waals surface area contributed by atoms with Crippen molar-refractivity contribution in [3.05, 3.63) is 11.4 Å². The highest BCUT2D eigenvalue weighted by molar-refractivity contribution is 4.77. The van der Waals surface area contributed by atoms with Gasteiger partial charge in [0.05, 0.1) is 0 Å². The molecule has 1 rings (SSSR count). The average Bonchev–Trinajstić information content (AvgIpc) is 2.03. The molecule has 0 aliphatic heterocycles. The minimum atomic E-state index is -0.620. The Kier molecular flexibility index (Phi) is 3.35. The van der Waals surface area contributed by atoms with Crippen molar-refractivity contribution < 1.29 is 4.39 Å². The van der Waals surface area contributed by atoms with Crippen molar-refractivity contribution in [2.45, 2.75) is 38.3 Å². The van der Waals surface area contributed by atoms with Gasteiger partial charge < -0.3 is 4.85 Å². The Morgan fingerprint density at radius 2 is 2.09 bits per heavy atom. The Bertz CT molecular complexity index is 150. The highest BCUT2D eigenvalue weighted by Gasteiger charge is 2.24. The second-order valence-corrected chi connectivity index (χ2v) is 3.23. The lowest BCUT2D eigenvalue weighted by molar-refractivity contribution is 0.161. The van der Waals surface area contributed by atoms with Crippen LogP contribution in [0.4, 0.5) is 4.39 Å². The summed E-state index contributed by atoms with van der Waals surface area (Å²) >= 11 is 0. The molecule has 0 saturated heterocycles. The highest BCUT2D eigenvalue weighted by Crippen LogP contribution is 2.29. The predicted molar refractivity (Wildman–Crippen MR) is 42.9 cm³/mol. The zero-order valence-corrected chi connectivity index (χ0v) is 6.72. The fraction of sp³-hybridized carbons (Fsp3) is 0.889. The van der Waals surface area contributed by atoms with Crippen LogP contribution in [0.25, 0.3) is 4.85 Å². The van der Waals surface area contributed by atoms with Crippen LogP contribution < -0.4 is 0 Å². The van der Waals surface area contributed by atoms with Crippen molar-refractivity contribution in [1.29, 1.82) is 0 Å². The van der Waals surface area contributed by atoms with Gasteiger partial charge in [-0.25, -0.2) is 11.0 Å². The number of halogens is 1. The molecule has 0 bridgehead atoms. The Labute approximate surface area is 67.4 Å². The van der Waals surface area contributed by atoms with Gasteiger partial charge in [-0.1, -0.05) is 12.8 Å². The fourth-order valence-corrected chi connectivity index (χ4v) is 1.72. The van der Waals surface area contributed by atoms with Gasteiger partial charge in [-0.3, -0.25) is 0 Å². The van der Waals surface area contributed by atoms with E-state index >= 15 is 0 Å². The van der Waals surface area contributed by atoms with Crippen LogP contribution in [0.15, 0.2) is 0 Å². The molecule has 1 nitrogen and oxygen atoms in total. The van der Waals surface area contributed by atoms with Crippen LogP contribution in [0.3, 0.4) is 0 Å². The maximum atomic E-state index is 13.1. The van der Waals surface area contributed by atoms with E-state index in [1.165, 1.54) is 0 Å². The van der Waals surface area contributed by atoms with E-state index in [1.54, 1.807) is 0 Å².